The maximum Gasteiger partial charge on any atom is 0.411 e. The molecule has 21 heavy (non-hydrogen) atoms. The lowest BCUT2D eigenvalue weighted by atomic mass is 10.1. The molecule has 2 aromatic carbocycles. The third-order valence-electron chi connectivity index (χ3n) is 2.81. The zero-order chi connectivity index (χ0) is 15.2. The van der Waals surface area contributed by atoms with E-state index in [9.17, 15) is 9.59 Å². The van der Waals surface area contributed by atoms with Gasteiger partial charge in [0.05, 0.1) is 5.02 Å². The molecule has 0 aromatic heterocycles. The molecule has 0 saturated heterocycles. The molecule has 2 aromatic rings. The Morgan fingerprint density at radius 1 is 1.14 bits per heavy atom. The number of ether oxygens (including phenoxy) is 1. The van der Waals surface area contributed by atoms with Crippen LogP contribution in [-0.2, 0) is 11.3 Å². The predicted molar refractivity (Wildman–Crippen MR) is 81.7 cm³/mol. The van der Waals surface area contributed by atoms with Gasteiger partial charge >= 0.3 is 6.09 Å². The summed E-state index contributed by atoms with van der Waals surface area (Å²) in [5, 5.41) is 2.86. The molecule has 0 fully saturated rings. The SMILES string of the molecule is CC(=O)c1ccc(NC(=O)OCc2ccccc2)cc1Cl. The Morgan fingerprint density at radius 2 is 1.86 bits per heavy atom. The number of carbonyl (C=O) groups is 2. The summed E-state index contributed by atoms with van der Waals surface area (Å²) in [6, 6.07) is 14.1. The van der Waals surface area contributed by atoms with Gasteiger partial charge in [0.15, 0.2) is 5.78 Å². The van der Waals surface area contributed by atoms with Crippen LogP contribution in [0.4, 0.5) is 10.5 Å². The summed E-state index contributed by atoms with van der Waals surface area (Å²) in [5.74, 6) is -0.127. The molecule has 1 amide bonds. The molecular formula is C16H14ClNO3. The summed E-state index contributed by atoms with van der Waals surface area (Å²) in [7, 11) is 0. The van der Waals surface area contributed by atoms with Gasteiger partial charge in [-0.3, -0.25) is 10.1 Å². The number of anilines is 1. The van der Waals surface area contributed by atoms with E-state index in [4.69, 9.17) is 16.3 Å². The molecule has 0 aliphatic heterocycles. The third kappa shape index (κ3) is 4.33. The molecule has 0 aliphatic carbocycles. The topological polar surface area (TPSA) is 55.4 Å². The number of halogens is 1. The van der Waals surface area contributed by atoms with Crippen molar-refractivity contribution in [2.75, 3.05) is 5.32 Å². The second-order valence-corrected chi connectivity index (χ2v) is 4.84. The number of carbonyl (C=O) groups excluding carboxylic acids is 2. The Morgan fingerprint density at radius 3 is 2.48 bits per heavy atom. The predicted octanol–water partition coefficient (Wildman–Crippen LogP) is 4.29. The second-order valence-electron chi connectivity index (χ2n) is 4.44. The third-order valence-corrected chi connectivity index (χ3v) is 3.12. The fraction of sp³-hybridized carbons (Fsp3) is 0.125. The van der Waals surface area contributed by atoms with Gasteiger partial charge in [0.2, 0.25) is 0 Å². The lowest BCUT2D eigenvalue weighted by Crippen LogP contribution is -2.13. The van der Waals surface area contributed by atoms with Crippen molar-refractivity contribution < 1.29 is 14.3 Å². The minimum atomic E-state index is -0.578. The Bertz CT molecular complexity index is 656. The van der Waals surface area contributed by atoms with E-state index in [1.165, 1.54) is 13.0 Å². The van der Waals surface area contributed by atoms with Crippen molar-refractivity contribution in [1.29, 1.82) is 0 Å². The monoisotopic (exact) mass is 303 g/mol. The van der Waals surface area contributed by atoms with E-state index >= 15 is 0 Å². The Hall–Kier alpha value is -2.33. The van der Waals surface area contributed by atoms with Crippen molar-refractivity contribution in [3.8, 4) is 0 Å². The number of amides is 1. The van der Waals surface area contributed by atoms with E-state index in [0.717, 1.165) is 5.56 Å². The van der Waals surface area contributed by atoms with Crippen molar-refractivity contribution in [3.05, 3.63) is 64.7 Å². The van der Waals surface area contributed by atoms with Crippen LogP contribution in [0, 0.1) is 0 Å². The van der Waals surface area contributed by atoms with Crippen molar-refractivity contribution in [2.45, 2.75) is 13.5 Å². The van der Waals surface area contributed by atoms with E-state index in [1.54, 1.807) is 12.1 Å². The average molecular weight is 304 g/mol. The number of hydrogen-bond acceptors (Lipinski definition) is 3. The zero-order valence-corrected chi connectivity index (χ0v) is 12.2. The molecule has 5 heteroatoms. The molecule has 1 N–H and O–H groups in total. The highest BCUT2D eigenvalue weighted by molar-refractivity contribution is 6.34. The number of ketones is 1. The maximum atomic E-state index is 11.7. The maximum absolute atomic E-state index is 11.7. The van der Waals surface area contributed by atoms with E-state index < -0.39 is 6.09 Å². The van der Waals surface area contributed by atoms with Crippen LogP contribution >= 0.6 is 11.6 Å². The molecule has 0 aliphatic rings. The molecule has 0 saturated carbocycles. The number of hydrogen-bond donors (Lipinski definition) is 1. The van der Waals surface area contributed by atoms with Crippen LogP contribution < -0.4 is 5.32 Å². The molecule has 0 radical (unpaired) electrons. The lowest BCUT2D eigenvalue weighted by molar-refractivity contribution is 0.101. The summed E-state index contributed by atoms with van der Waals surface area (Å²) in [5.41, 5.74) is 1.79. The minimum absolute atomic E-state index is 0.127. The normalized spacial score (nSPS) is 10.0. The first-order chi connectivity index (χ1) is 10.1. The first-order valence-electron chi connectivity index (χ1n) is 6.34. The van der Waals surface area contributed by atoms with Gasteiger partial charge in [-0.2, -0.15) is 0 Å². The molecule has 0 heterocycles. The van der Waals surface area contributed by atoms with Crippen molar-refractivity contribution in [1.82, 2.24) is 0 Å². The van der Waals surface area contributed by atoms with E-state index in [-0.39, 0.29) is 12.4 Å². The standard InChI is InChI=1S/C16H14ClNO3/c1-11(19)14-8-7-13(9-15(14)17)18-16(20)21-10-12-5-3-2-4-6-12/h2-9H,10H2,1H3,(H,18,20). The summed E-state index contributed by atoms with van der Waals surface area (Å²) in [4.78, 5) is 22.9. The van der Waals surface area contributed by atoms with Crippen LogP contribution in [0.3, 0.4) is 0 Å². The molecule has 2 rings (SSSR count). The summed E-state index contributed by atoms with van der Waals surface area (Å²) < 4.78 is 5.09. The Kier molecular flexibility index (Phi) is 4.95. The average Bonchev–Trinajstić information content (AvgIpc) is 2.46. The van der Waals surface area contributed by atoms with Gasteiger partial charge in [-0.05, 0) is 30.7 Å². The highest BCUT2D eigenvalue weighted by atomic mass is 35.5. The highest BCUT2D eigenvalue weighted by Gasteiger charge is 2.08. The van der Waals surface area contributed by atoms with Crippen molar-refractivity contribution >= 4 is 29.2 Å². The van der Waals surface area contributed by atoms with Gasteiger partial charge in [0.1, 0.15) is 6.61 Å². The first kappa shape index (κ1) is 15.1. The van der Waals surface area contributed by atoms with Gasteiger partial charge in [0.25, 0.3) is 0 Å². The van der Waals surface area contributed by atoms with Crippen LogP contribution in [0.2, 0.25) is 5.02 Å². The number of Topliss-reactive ketones (excluding diaryl/α,β-unsaturated/α-hetero) is 1. The summed E-state index contributed by atoms with van der Waals surface area (Å²) in [6.07, 6.45) is -0.578. The van der Waals surface area contributed by atoms with Crippen LogP contribution in [-0.4, -0.2) is 11.9 Å². The highest BCUT2D eigenvalue weighted by Crippen LogP contribution is 2.21. The van der Waals surface area contributed by atoms with E-state index in [2.05, 4.69) is 5.32 Å². The Balaban J connectivity index is 1.94. The lowest BCUT2D eigenvalue weighted by Gasteiger charge is -2.08. The molecule has 4 nitrogen and oxygen atoms in total. The first-order valence-corrected chi connectivity index (χ1v) is 6.72. The quantitative estimate of drug-likeness (QED) is 0.857. The van der Waals surface area contributed by atoms with Crippen LogP contribution in [0.5, 0.6) is 0 Å². The van der Waals surface area contributed by atoms with Crippen LogP contribution in [0.25, 0.3) is 0 Å². The molecule has 0 atom stereocenters. The van der Waals surface area contributed by atoms with Gasteiger partial charge < -0.3 is 4.74 Å². The smallest absolute Gasteiger partial charge is 0.411 e. The second kappa shape index (κ2) is 6.90. The number of nitrogens with one attached hydrogen (secondary N) is 1. The molecule has 108 valence electrons. The largest absolute Gasteiger partial charge is 0.444 e. The fourth-order valence-corrected chi connectivity index (χ4v) is 2.07. The fourth-order valence-electron chi connectivity index (χ4n) is 1.76. The zero-order valence-electron chi connectivity index (χ0n) is 11.4. The van der Waals surface area contributed by atoms with Gasteiger partial charge in [-0.25, -0.2) is 4.79 Å². The summed E-state index contributed by atoms with van der Waals surface area (Å²) >= 11 is 5.97. The minimum Gasteiger partial charge on any atom is -0.444 e. The van der Waals surface area contributed by atoms with E-state index in [0.29, 0.717) is 16.3 Å². The van der Waals surface area contributed by atoms with Crippen molar-refractivity contribution in [2.24, 2.45) is 0 Å². The number of benzene rings is 2. The van der Waals surface area contributed by atoms with Gasteiger partial charge in [-0.15, -0.1) is 0 Å². The molecular weight excluding hydrogens is 290 g/mol. The number of rotatable bonds is 4. The van der Waals surface area contributed by atoms with Gasteiger partial charge in [0, 0.05) is 11.3 Å². The van der Waals surface area contributed by atoms with Crippen molar-refractivity contribution in [3.63, 3.8) is 0 Å². The molecule has 0 unspecified atom stereocenters. The molecule has 0 spiro atoms. The van der Waals surface area contributed by atoms with E-state index in [1.807, 2.05) is 30.3 Å². The summed E-state index contributed by atoms with van der Waals surface area (Å²) in [6.45, 7) is 1.62. The van der Waals surface area contributed by atoms with Crippen LogP contribution in [0.15, 0.2) is 48.5 Å². The van der Waals surface area contributed by atoms with Crippen LogP contribution in [0.1, 0.15) is 22.8 Å². The molecule has 0 bridgehead atoms. The Labute approximate surface area is 127 Å². The van der Waals surface area contributed by atoms with Gasteiger partial charge in [-0.1, -0.05) is 41.9 Å².